The first-order valence-electron chi connectivity index (χ1n) is 7.51. The molecule has 0 spiro atoms. The van der Waals surface area contributed by atoms with Gasteiger partial charge in [0.1, 0.15) is 5.82 Å². The Hall–Kier alpha value is -1.62. The molecule has 0 saturated carbocycles. The van der Waals surface area contributed by atoms with Gasteiger partial charge >= 0.3 is 0 Å². The second-order valence-corrected chi connectivity index (χ2v) is 5.73. The van der Waals surface area contributed by atoms with Gasteiger partial charge in [-0.15, -0.1) is 0 Å². The molecule has 0 bridgehead atoms. The molecule has 2 aliphatic rings. The van der Waals surface area contributed by atoms with Gasteiger partial charge in [-0.2, -0.15) is 0 Å². The second kappa shape index (κ2) is 5.79. The summed E-state index contributed by atoms with van der Waals surface area (Å²) in [5.41, 5.74) is 5.74. The van der Waals surface area contributed by atoms with Crippen LogP contribution in [0.4, 0.5) is 5.82 Å². The van der Waals surface area contributed by atoms with E-state index < -0.39 is 5.91 Å². The van der Waals surface area contributed by atoms with E-state index in [2.05, 4.69) is 15.2 Å². The van der Waals surface area contributed by atoms with Crippen LogP contribution in [0.5, 0.6) is 0 Å². The van der Waals surface area contributed by atoms with E-state index in [0.717, 1.165) is 18.9 Å². The number of nitrogens with zero attached hydrogens (tertiary/aromatic N) is 2. The Morgan fingerprint density at radius 1 is 1.30 bits per heavy atom. The summed E-state index contributed by atoms with van der Waals surface area (Å²) < 4.78 is 0. The van der Waals surface area contributed by atoms with E-state index in [1.807, 2.05) is 6.07 Å². The smallest absolute Gasteiger partial charge is 0.250 e. The number of rotatable bonds is 3. The molecule has 2 fully saturated rings. The average Bonchev–Trinajstić information content (AvgIpc) is 3.01. The van der Waals surface area contributed by atoms with Crippen LogP contribution in [-0.4, -0.2) is 36.1 Å². The maximum absolute atomic E-state index is 11.1. The highest BCUT2D eigenvalue weighted by atomic mass is 16.1. The minimum atomic E-state index is -0.420. The first-order chi connectivity index (χ1) is 9.75. The van der Waals surface area contributed by atoms with Crippen molar-refractivity contribution < 1.29 is 4.79 Å². The average molecular weight is 274 g/mol. The summed E-state index contributed by atoms with van der Waals surface area (Å²) in [7, 11) is 0. The molecule has 2 atom stereocenters. The highest BCUT2D eigenvalue weighted by Crippen LogP contribution is 2.28. The third-order valence-corrected chi connectivity index (χ3v) is 4.44. The third kappa shape index (κ3) is 2.63. The van der Waals surface area contributed by atoms with Gasteiger partial charge in [0.2, 0.25) is 5.91 Å². The molecule has 0 aromatic carbocycles. The molecule has 3 N–H and O–H groups in total. The summed E-state index contributed by atoms with van der Waals surface area (Å²) in [6.07, 6.45) is 7.83. The lowest BCUT2D eigenvalue weighted by atomic mass is 9.94. The minimum Gasteiger partial charge on any atom is -0.366 e. The minimum absolute atomic E-state index is 0.420. The van der Waals surface area contributed by atoms with Crippen molar-refractivity contribution in [2.75, 3.05) is 18.0 Å². The van der Waals surface area contributed by atoms with Gasteiger partial charge < -0.3 is 16.0 Å². The molecule has 3 heterocycles. The van der Waals surface area contributed by atoms with Crippen molar-refractivity contribution in [2.45, 2.75) is 44.2 Å². The molecular weight excluding hydrogens is 252 g/mol. The van der Waals surface area contributed by atoms with Gasteiger partial charge in [0, 0.05) is 24.8 Å². The van der Waals surface area contributed by atoms with Crippen molar-refractivity contribution in [1.82, 2.24) is 10.3 Å². The Kier molecular flexibility index (Phi) is 3.87. The Bertz CT molecular complexity index is 467. The Morgan fingerprint density at radius 2 is 2.20 bits per heavy atom. The molecule has 108 valence electrons. The molecule has 3 rings (SSSR count). The normalized spacial score (nSPS) is 26.7. The summed E-state index contributed by atoms with van der Waals surface area (Å²) in [6.45, 7) is 2.18. The molecule has 0 radical (unpaired) electrons. The number of nitrogens with one attached hydrogen (secondary N) is 1. The summed E-state index contributed by atoms with van der Waals surface area (Å²) in [4.78, 5) is 18.0. The number of primary amides is 1. The highest BCUT2D eigenvalue weighted by molar-refractivity contribution is 5.92. The monoisotopic (exact) mass is 274 g/mol. The largest absolute Gasteiger partial charge is 0.366 e. The van der Waals surface area contributed by atoms with E-state index in [4.69, 9.17) is 5.73 Å². The fraction of sp³-hybridized carbons (Fsp3) is 0.600. The van der Waals surface area contributed by atoms with E-state index in [1.54, 1.807) is 12.3 Å². The zero-order chi connectivity index (χ0) is 13.9. The van der Waals surface area contributed by atoms with Crippen LogP contribution >= 0.6 is 0 Å². The van der Waals surface area contributed by atoms with Crippen molar-refractivity contribution in [3.63, 3.8) is 0 Å². The van der Waals surface area contributed by atoms with Gasteiger partial charge in [-0.3, -0.25) is 4.79 Å². The molecule has 0 aliphatic carbocycles. The Morgan fingerprint density at radius 3 is 2.85 bits per heavy atom. The van der Waals surface area contributed by atoms with Crippen molar-refractivity contribution in [3.05, 3.63) is 23.9 Å². The van der Waals surface area contributed by atoms with Crippen LogP contribution in [0.25, 0.3) is 0 Å². The molecule has 2 saturated heterocycles. The standard InChI is InChI=1S/C15H22N4O/c16-15(20)11-6-7-14(18-10-11)19-9-2-1-5-13(19)12-4-3-8-17-12/h6-7,10,12-13,17H,1-5,8-9H2,(H2,16,20). The lowest BCUT2D eigenvalue weighted by molar-refractivity contribution is 0.1000. The zero-order valence-electron chi connectivity index (χ0n) is 11.7. The van der Waals surface area contributed by atoms with E-state index >= 15 is 0 Å². The number of hydrogen-bond donors (Lipinski definition) is 2. The van der Waals surface area contributed by atoms with Crippen molar-refractivity contribution in [2.24, 2.45) is 5.73 Å². The van der Waals surface area contributed by atoms with Crippen LogP contribution in [0.1, 0.15) is 42.5 Å². The highest BCUT2D eigenvalue weighted by Gasteiger charge is 2.32. The molecular formula is C15H22N4O. The van der Waals surface area contributed by atoms with Gasteiger partial charge in [0.15, 0.2) is 0 Å². The Balaban J connectivity index is 1.79. The fourth-order valence-electron chi connectivity index (χ4n) is 3.40. The maximum Gasteiger partial charge on any atom is 0.250 e. The van der Waals surface area contributed by atoms with Crippen LogP contribution in [0.2, 0.25) is 0 Å². The first kappa shape index (κ1) is 13.4. The van der Waals surface area contributed by atoms with E-state index in [1.165, 1.54) is 32.1 Å². The van der Waals surface area contributed by atoms with Crippen LogP contribution in [-0.2, 0) is 0 Å². The number of hydrogen-bond acceptors (Lipinski definition) is 4. The lowest BCUT2D eigenvalue weighted by Gasteiger charge is -2.40. The second-order valence-electron chi connectivity index (χ2n) is 5.73. The maximum atomic E-state index is 11.1. The van der Waals surface area contributed by atoms with Crippen molar-refractivity contribution >= 4 is 11.7 Å². The third-order valence-electron chi connectivity index (χ3n) is 4.44. The zero-order valence-corrected chi connectivity index (χ0v) is 11.7. The summed E-state index contributed by atoms with van der Waals surface area (Å²) in [6, 6.07) is 4.80. The number of pyridine rings is 1. The van der Waals surface area contributed by atoms with Crippen LogP contribution in [0.3, 0.4) is 0 Å². The van der Waals surface area contributed by atoms with Gasteiger partial charge in [-0.05, 0) is 50.8 Å². The first-order valence-corrected chi connectivity index (χ1v) is 7.51. The molecule has 2 unspecified atom stereocenters. The van der Waals surface area contributed by atoms with E-state index in [-0.39, 0.29) is 0 Å². The lowest BCUT2D eigenvalue weighted by Crippen LogP contribution is -2.50. The SMILES string of the molecule is NC(=O)c1ccc(N2CCCCC2C2CCCN2)nc1. The molecule has 20 heavy (non-hydrogen) atoms. The predicted octanol–water partition coefficient (Wildman–Crippen LogP) is 1.29. The fourth-order valence-corrected chi connectivity index (χ4v) is 3.40. The van der Waals surface area contributed by atoms with Gasteiger partial charge in [-0.1, -0.05) is 0 Å². The number of carbonyl (C=O) groups excluding carboxylic acids is 1. The van der Waals surface area contributed by atoms with Gasteiger partial charge in [0.05, 0.1) is 5.56 Å². The number of aromatic nitrogens is 1. The van der Waals surface area contributed by atoms with Crippen molar-refractivity contribution in [1.29, 1.82) is 0 Å². The van der Waals surface area contributed by atoms with Crippen molar-refractivity contribution in [3.8, 4) is 0 Å². The quantitative estimate of drug-likeness (QED) is 0.871. The molecule has 5 heteroatoms. The number of piperidine rings is 1. The molecule has 1 aromatic rings. The van der Waals surface area contributed by atoms with Crippen LogP contribution in [0.15, 0.2) is 18.3 Å². The van der Waals surface area contributed by atoms with E-state index in [9.17, 15) is 4.79 Å². The van der Waals surface area contributed by atoms with Crippen LogP contribution < -0.4 is 16.0 Å². The number of anilines is 1. The van der Waals surface area contributed by atoms with E-state index in [0.29, 0.717) is 17.6 Å². The number of carbonyl (C=O) groups is 1. The molecule has 1 aromatic heterocycles. The van der Waals surface area contributed by atoms with Crippen LogP contribution in [0, 0.1) is 0 Å². The van der Waals surface area contributed by atoms with Gasteiger partial charge in [-0.25, -0.2) is 4.98 Å². The number of nitrogens with two attached hydrogens (primary N) is 1. The molecule has 1 amide bonds. The molecule has 2 aliphatic heterocycles. The topological polar surface area (TPSA) is 71.2 Å². The summed E-state index contributed by atoms with van der Waals surface area (Å²) >= 11 is 0. The summed E-state index contributed by atoms with van der Waals surface area (Å²) in [5, 5.41) is 3.61. The Labute approximate surface area is 119 Å². The molecule has 5 nitrogen and oxygen atoms in total. The predicted molar refractivity (Wildman–Crippen MR) is 78.8 cm³/mol. The summed E-state index contributed by atoms with van der Waals surface area (Å²) in [5.74, 6) is 0.546. The number of amides is 1. The van der Waals surface area contributed by atoms with Gasteiger partial charge in [0.25, 0.3) is 0 Å².